The Balaban J connectivity index is 2.36. The normalized spacial score (nSPS) is 13.0. The van der Waals surface area contributed by atoms with E-state index in [1.807, 2.05) is 0 Å². The predicted octanol–water partition coefficient (Wildman–Crippen LogP) is 0.422. The summed E-state index contributed by atoms with van der Waals surface area (Å²) in [6.07, 6.45) is 1.55. The van der Waals surface area contributed by atoms with Gasteiger partial charge in [-0.2, -0.15) is 0 Å². The summed E-state index contributed by atoms with van der Waals surface area (Å²) in [4.78, 5) is 11.6. The average Bonchev–Trinajstić information content (AvgIpc) is 2.29. The van der Waals surface area contributed by atoms with E-state index < -0.39 is 22.0 Å². The molecule has 0 fully saturated rings. The minimum atomic E-state index is -3.40. The lowest BCUT2D eigenvalue weighted by atomic mass is 10.1. The van der Waals surface area contributed by atoms with Crippen molar-refractivity contribution < 1.29 is 17.6 Å². The average molecular weight is 288 g/mol. The molecule has 1 aromatic carbocycles. The molecule has 1 unspecified atom stereocenters. The van der Waals surface area contributed by atoms with Crippen molar-refractivity contribution in [3.8, 4) is 0 Å². The van der Waals surface area contributed by atoms with E-state index in [0.717, 1.165) is 11.8 Å². The zero-order valence-electron chi connectivity index (χ0n) is 10.8. The van der Waals surface area contributed by atoms with E-state index in [1.54, 1.807) is 12.1 Å². The van der Waals surface area contributed by atoms with E-state index in [1.165, 1.54) is 19.1 Å². The van der Waals surface area contributed by atoms with Gasteiger partial charge in [-0.15, -0.1) is 0 Å². The van der Waals surface area contributed by atoms with Gasteiger partial charge in [-0.25, -0.2) is 17.5 Å². The minimum Gasteiger partial charge on any atom is -0.354 e. The van der Waals surface area contributed by atoms with Crippen LogP contribution in [-0.4, -0.2) is 33.2 Å². The molecule has 0 aliphatic heterocycles. The van der Waals surface area contributed by atoms with E-state index >= 15 is 0 Å². The number of rotatable bonds is 6. The molecule has 0 saturated carbocycles. The molecule has 0 spiro atoms. The monoisotopic (exact) mass is 288 g/mol. The fourth-order valence-corrected chi connectivity index (χ4v) is 2.26. The second-order valence-electron chi connectivity index (χ2n) is 4.28. The summed E-state index contributed by atoms with van der Waals surface area (Å²) in [6.45, 7) is 1.83. The van der Waals surface area contributed by atoms with E-state index in [-0.39, 0.29) is 5.82 Å². The Hall–Kier alpha value is -1.47. The SMILES string of the molecule is CC(NS(C)(=O)=O)C(=O)NCCc1ccc(F)cc1. The lowest BCUT2D eigenvalue weighted by Gasteiger charge is -2.12. The largest absolute Gasteiger partial charge is 0.354 e. The number of benzene rings is 1. The van der Waals surface area contributed by atoms with Gasteiger partial charge in [0.1, 0.15) is 5.82 Å². The van der Waals surface area contributed by atoms with Crippen molar-refractivity contribution in [2.75, 3.05) is 12.8 Å². The first kappa shape index (κ1) is 15.6. The molecule has 1 rings (SSSR count). The van der Waals surface area contributed by atoms with Crippen molar-refractivity contribution in [2.24, 2.45) is 0 Å². The molecule has 0 saturated heterocycles. The van der Waals surface area contributed by atoms with Crippen molar-refractivity contribution in [3.05, 3.63) is 35.6 Å². The summed E-state index contributed by atoms with van der Waals surface area (Å²) in [5.74, 6) is -0.703. The third kappa shape index (κ3) is 6.30. The van der Waals surface area contributed by atoms with E-state index in [9.17, 15) is 17.6 Å². The van der Waals surface area contributed by atoms with Gasteiger partial charge in [0.15, 0.2) is 0 Å². The maximum absolute atomic E-state index is 12.7. The van der Waals surface area contributed by atoms with Crippen LogP contribution in [0.4, 0.5) is 4.39 Å². The molecule has 0 heterocycles. The van der Waals surface area contributed by atoms with E-state index in [2.05, 4.69) is 10.0 Å². The molecule has 0 aliphatic carbocycles. The maximum atomic E-state index is 12.7. The number of nitrogens with one attached hydrogen (secondary N) is 2. The van der Waals surface area contributed by atoms with E-state index in [4.69, 9.17) is 0 Å². The van der Waals surface area contributed by atoms with Crippen LogP contribution in [0.25, 0.3) is 0 Å². The fraction of sp³-hybridized carbons (Fsp3) is 0.417. The molecule has 7 heteroatoms. The zero-order valence-corrected chi connectivity index (χ0v) is 11.6. The zero-order chi connectivity index (χ0) is 14.5. The number of amides is 1. The lowest BCUT2D eigenvalue weighted by Crippen LogP contribution is -2.44. The van der Waals surface area contributed by atoms with Gasteiger partial charge in [-0.3, -0.25) is 4.79 Å². The number of carbonyl (C=O) groups excluding carboxylic acids is 1. The molecule has 0 aliphatic rings. The van der Waals surface area contributed by atoms with Crippen LogP contribution in [0, 0.1) is 5.82 Å². The molecule has 0 aromatic heterocycles. The van der Waals surface area contributed by atoms with Gasteiger partial charge in [0, 0.05) is 6.54 Å². The van der Waals surface area contributed by atoms with Crippen molar-refractivity contribution in [2.45, 2.75) is 19.4 Å². The maximum Gasteiger partial charge on any atom is 0.237 e. The highest BCUT2D eigenvalue weighted by Gasteiger charge is 2.15. The minimum absolute atomic E-state index is 0.307. The highest BCUT2D eigenvalue weighted by molar-refractivity contribution is 7.88. The Labute approximate surface area is 112 Å². The summed E-state index contributed by atoms with van der Waals surface area (Å²) < 4.78 is 36.7. The van der Waals surface area contributed by atoms with Crippen LogP contribution in [0.3, 0.4) is 0 Å². The Kier molecular flexibility index (Phi) is 5.44. The van der Waals surface area contributed by atoms with Gasteiger partial charge in [0.2, 0.25) is 15.9 Å². The third-order valence-corrected chi connectivity index (χ3v) is 3.19. The first-order valence-corrected chi connectivity index (χ1v) is 7.66. The summed E-state index contributed by atoms with van der Waals surface area (Å²) >= 11 is 0. The summed E-state index contributed by atoms with van der Waals surface area (Å²) in [5.41, 5.74) is 0.894. The first-order valence-electron chi connectivity index (χ1n) is 5.77. The van der Waals surface area contributed by atoms with Gasteiger partial charge in [0.05, 0.1) is 12.3 Å². The van der Waals surface area contributed by atoms with Crippen molar-refractivity contribution in [1.29, 1.82) is 0 Å². The molecular formula is C12H17FN2O3S. The Bertz CT molecular complexity index is 528. The van der Waals surface area contributed by atoms with Crippen LogP contribution in [0.1, 0.15) is 12.5 Å². The Morgan fingerprint density at radius 1 is 1.32 bits per heavy atom. The lowest BCUT2D eigenvalue weighted by molar-refractivity contribution is -0.122. The van der Waals surface area contributed by atoms with Gasteiger partial charge in [-0.1, -0.05) is 12.1 Å². The number of halogens is 1. The molecule has 1 amide bonds. The number of sulfonamides is 1. The van der Waals surface area contributed by atoms with Crippen LogP contribution in [0.2, 0.25) is 0 Å². The first-order chi connectivity index (χ1) is 8.78. The van der Waals surface area contributed by atoms with E-state index in [0.29, 0.717) is 13.0 Å². The molecule has 2 N–H and O–H groups in total. The molecule has 1 atom stereocenters. The summed E-state index contributed by atoms with van der Waals surface area (Å²) in [6, 6.07) is 5.17. The quantitative estimate of drug-likeness (QED) is 0.796. The molecular weight excluding hydrogens is 271 g/mol. The standard InChI is InChI=1S/C12H17FN2O3S/c1-9(15-19(2,17)18)12(16)14-8-7-10-3-5-11(13)6-4-10/h3-6,9,15H,7-8H2,1-2H3,(H,14,16). The predicted molar refractivity (Wildman–Crippen MR) is 70.6 cm³/mol. The molecule has 106 valence electrons. The smallest absolute Gasteiger partial charge is 0.237 e. The topological polar surface area (TPSA) is 75.3 Å². The van der Waals surface area contributed by atoms with Crippen molar-refractivity contribution in [1.82, 2.24) is 10.0 Å². The second kappa shape index (κ2) is 6.63. The van der Waals surface area contributed by atoms with Gasteiger partial charge in [-0.05, 0) is 31.0 Å². The highest BCUT2D eigenvalue weighted by atomic mass is 32.2. The van der Waals surface area contributed by atoms with Gasteiger partial charge >= 0.3 is 0 Å². The van der Waals surface area contributed by atoms with Crippen LogP contribution >= 0.6 is 0 Å². The molecule has 0 bridgehead atoms. The van der Waals surface area contributed by atoms with Gasteiger partial charge in [0.25, 0.3) is 0 Å². The van der Waals surface area contributed by atoms with Crippen LogP contribution < -0.4 is 10.0 Å². The van der Waals surface area contributed by atoms with Crippen molar-refractivity contribution >= 4 is 15.9 Å². The Morgan fingerprint density at radius 2 is 1.89 bits per heavy atom. The summed E-state index contributed by atoms with van der Waals surface area (Å²) in [5, 5.41) is 2.61. The number of hydrogen-bond acceptors (Lipinski definition) is 3. The third-order valence-electron chi connectivity index (χ3n) is 2.41. The molecule has 19 heavy (non-hydrogen) atoms. The van der Waals surface area contributed by atoms with Crippen LogP contribution in [0.5, 0.6) is 0 Å². The Morgan fingerprint density at radius 3 is 2.42 bits per heavy atom. The van der Waals surface area contributed by atoms with Gasteiger partial charge < -0.3 is 5.32 Å². The fourth-order valence-electron chi connectivity index (χ4n) is 1.51. The number of hydrogen-bond donors (Lipinski definition) is 2. The summed E-state index contributed by atoms with van der Waals surface area (Å²) in [7, 11) is -3.40. The highest BCUT2D eigenvalue weighted by Crippen LogP contribution is 2.02. The molecule has 0 radical (unpaired) electrons. The molecule has 1 aromatic rings. The van der Waals surface area contributed by atoms with Crippen molar-refractivity contribution in [3.63, 3.8) is 0 Å². The van der Waals surface area contributed by atoms with Crippen LogP contribution in [0.15, 0.2) is 24.3 Å². The second-order valence-corrected chi connectivity index (χ2v) is 6.06. The number of carbonyl (C=O) groups is 1. The molecule has 5 nitrogen and oxygen atoms in total. The van der Waals surface area contributed by atoms with Crippen LogP contribution in [-0.2, 0) is 21.2 Å².